The van der Waals surface area contributed by atoms with Crippen molar-refractivity contribution in [2.45, 2.75) is 18.8 Å². The third-order valence-corrected chi connectivity index (χ3v) is 4.08. The lowest BCUT2D eigenvalue weighted by atomic mass is 9.76. The molecule has 0 unspecified atom stereocenters. The molecule has 4 nitrogen and oxygen atoms in total. The van der Waals surface area contributed by atoms with Crippen molar-refractivity contribution >= 4 is 5.82 Å². The second-order valence-corrected chi connectivity index (χ2v) is 5.15. The molecule has 1 atom stereocenters. The number of nitrogens with zero attached hydrogens (tertiary/aromatic N) is 3. The van der Waals surface area contributed by atoms with Crippen LogP contribution in [-0.2, 0) is 0 Å². The number of hydrogen-bond acceptors (Lipinski definition) is 4. The van der Waals surface area contributed by atoms with Crippen molar-refractivity contribution in [1.82, 2.24) is 15.3 Å². The van der Waals surface area contributed by atoms with Crippen LogP contribution in [0.3, 0.4) is 0 Å². The van der Waals surface area contributed by atoms with Gasteiger partial charge < -0.3 is 10.2 Å². The summed E-state index contributed by atoms with van der Waals surface area (Å²) < 4.78 is 28.3. The highest BCUT2D eigenvalue weighted by Gasteiger charge is 2.57. The van der Waals surface area contributed by atoms with Crippen LogP contribution in [0, 0.1) is 5.41 Å². The standard InChI is InChI=1S/C12H16F2N4/c13-12(14)1-3-16-8-11(12)2-6-18(9-11)10-7-15-4-5-17-10/h4-5,7,16H,1-3,6,8-9H2/t11-/m1/s1. The van der Waals surface area contributed by atoms with E-state index in [2.05, 4.69) is 15.3 Å². The quantitative estimate of drug-likeness (QED) is 0.820. The molecule has 2 fully saturated rings. The second kappa shape index (κ2) is 4.12. The van der Waals surface area contributed by atoms with E-state index in [4.69, 9.17) is 0 Å². The first-order chi connectivity index (χ1) is 8.63. The summed E-state index contributed by atoms with van der Waals surface area (Å²) >= 11 is 0. The van der Waals surface area contributed by atoms with Crippen molar-refractivity contribution in [1.29, 1.82) is 0 Å². The fourth-order valence-corrected chi connectivity index (χ4v) is 2.93. The number of piperidine rings is 1. The molecule has 2 saturated heterocycles. The molecule has 2 aliphatic heterocycles. The van der Waals surface area contributed by atoms with Gasteiger partial charge in [-0.25, -0.2) is 13.8 Å². The smallest absolute Gasteiger partial charge is 0.257 e. The largest absolute Gasteiger partial charge is 0.354 e. The fraction of sp³-hybridized carbons (Fsp3) is 0.667. The molecular formula is C12H16F2N4. The number of nitrogens with one attached hydrogen (secondary N) is 1. The number of anilines is 1. The summed E-state index contributed by atoms with van der Waals surface area (Å²) in [6, 6.07) is 0. The lowest BCUT2D eigenvalue weighted by molar-refractivity contribution is -0.131. The summed E-state index contributed by atoms with van der Waals surface area (Å²) in [5.74, 6) is -1.90. The van der Waals surface area contributed by atoms with Gasteiger partial charge in [-0.3, -0.25) is 4.98 Å². The maximum atomic E-state index is 14.2. The monoisotopic (exact) mass is 254 g/mol. The maximum absolute atomic E-state index is 14.2. The minimum absolute atomic E-state index is 0.0681. The van der Waals surface area contributed by atoms with Gasteiger partial charge in [-0.05, 0) is 6.42 Å². The molecule has 2 aliphatic rings. The van der Waals surface area contributed by atoms with E-state index in [-0.39, 0.29) is 6.42 Å². The molecule has 1 spiro atoms. The van der Waals surface area contributed by atoms with Crippen molar-refractivity contribution in [3.8, 4) is 0 Å². The zero-order chi connectivity index (χ0) is 12.6. The maximum Gasteiger partial charge on any atom is 0.257 e. The van der Waals surface area contributed by atoms with Crippen LogP contribution in [0.1, 0.15) is 12.8 Å². The first kappa shape index (κ1) is 11.8. The Hall–Kier alpha value is -1.30. The molecule has 0 aromatic carbocycles. The number of aromatic nitrogens is 2. The van der Waals surface area contributed by atoms with Crippen LogP contribution in [0.5, 0.6) is 0 Å². The third kappa shape index (κ3) is 1.75. The van der Waals surface area contributed by atoms with E-state index >= 15 is 0 Å². The first-order valence-corrected chi connectivity index (χ1v) is 6.23. The van der Waals surface area contributed by atoms with Gasteiger partial charge in [0.05, 0.1) is 11.6 Å². The van der Waals surface area contributed by atoms with Crippen LogP contribution >= 0.6 is 0 Å². The molecule has 18 heavy (non-hydrogen) atoms. The summed E-state index contributed by atoms with van der Waals surface area (Å²) in [7, 11) is 0. The number of hydrogen-bond donors (Lipinski definition) is 1. The molecule has 6 heteroatoms. The topological polar surface area (TPSA) is 41.0 Å². The normalized spacial score (nSPS) is 30.9. The van der Waals surface area contributed by atoms with E-state index in [1.165, 1.54) is 0 Å². The van der Waals surface area contributed by atoms with Crippen LogP contribution in [0.2, 0.25) is 0 Å². The Labute approximate surface area is 104 Å². The van der Waals surface area contributed by atoms with Crippen molar-refractivity contribution in [2.75, 3.05) is 31.1 Å². The molecule has 0 aliphatic carbocycles. The summed E-state index contributed by atoms with van der Waals surface area (Å²) in [5.41, 5.74) is -0.942. The van der Waals surface area contributed by atoms with E-state index in [9.17, 15) is 8.78 Å². The number of rotatable bonds is 1. The van der Waals surface area contributed by atoms with E-state index in [1.807, 2.05) is 4.90 Å². The van der Waals surface area contributed by atoms with Crippen LogP contribution < -0.4 is 10.2 Å². The van der Waals surface area contributed by atoms with Crippen LogP contribution in [-0.4, -0.2) is 42.1 Å². The zero-order valence-corrected chi connectivity index (χ0v) is 10.1. The molecule has 0 radical (unpaired) electrons. The van der Waals surface area contributed by atoms with Gasteiger partial charge in [0.1, 0.15) is 5.82 Å². The molecule has 0 bridgehead atoms. The van der Waals surface area contributed by atoms with Gasteiger partial charge in [-0.1, -0.05) is 0 Å². The van der Waals surface area contributed by atoms with Crippen molar-refractivity contribution in [2.24, 2.45) is 5.41 Å². The minimum atomic E-state index is -2.59. The lowest BCUT2D eigenvalue weighted by Gasteiger charge is -2.41. The van der Waals surface area contributed by atoms with Gasteiger partial charge in [0.2, 0.25) is 0 Å². The molecular weight excluding hydrogens is 238 g/mol. The van der Waals surface area contributed by atoms with Crippen LogP contribution in [0.15, 0.2) is 18.6 Å². The Morgan fingerprint density at radius 3 is 2.89 bits per heavy atom. The molecule has 3 heterocycles. The van der Waals surface area contributed by atoms with Crippen LogP contribution in [0.4, 0.5) is 14.6 Å². The molecule has 1 N–H and O–H groups in total. The predicted octanol–water partition coefficient (Wildman–Crippen LogP) is 1.30. The summed E-state index contributed by atoms with van der Waals surface area (Å²) in [5, 5.41) is 3.10. The van der Waals surface area contributed by atoms with Gasteiger partial charge in [-0.2, -0.15) is 0 Å². The Balaban J connectivity index is 1.82. The highest BCUT2D eigenvalue weighted by Crippen LogP contribution is 2.48. The van der Waals surface area contributed by atoms with Gasteiger partial charge in [0.15, 0.2) is 0 Å². The Morgan fingerprint density at radius 2 is 2.17 bits per heavy atom. The molecule has 0 amide bonds. The third-order valence-electron chi connectivity index (χ3n) is 4.08. The molecule has 3 rings (SSSR count). The molecule has 1 aromatic heterocycles. The highest BCUT2D eigenvalue weighted by atomic mass is 19.3. The predicted molar refractivity (Wildman–Crippen MR) is 63.7 cm³/mol. The van der Waals surface area contributed by atoms with Gasteiger partial charge in [0.25, 0.3) is 5.92 Å². The van der Waals surface area contributed by atoms with Crippen LogP contribution in [0.25, 0.3) is 0 Å². The molecule has 0 saturated carbocycles. The van der Waals surface area contributed by atoms with Gasteiger partial charge in [-0.15, -0.1) is 0 Å². The summed E-state index contributed by atoms with van der Waals surface area (Å²) in [6.07, 6.45) is 5.25. The van der Waals surface area contributed by atoms with Gasteiger partial charge >= 0.3 is 0 Å². The van der Waals surface area contributed by atoms with E-state index in [1.54, 1.807) is 18.6 Å². The lowest BCUT2D eigenvalue weighted by Crippen LogP contribution is -2.55. The average Bonchev–Trinajstić information content (AvgIpc) is 2.81. The van der Waals surface area contributed by atoms with Gasteiger partial charge in [0, 0.05) is 45.0 Å². The van der Waals surface area contributed by atoms with E-state index < -0.39 is 11.3 Å². The summed E-state index contributed by atoms with van der Waals surface area (Å²) in [4.78, 5) is 10.1. The number of alkyl halides is 2. The number of halogens is 2. The van der Waals surface area contributed by atoms with Crippen molar-refractivity contribution in [3.63, 3.8) is 0 Å². The molecule has 1 aromatic rings. The Kier molecular flexibility index (Phi) is 2.69. The van der Waals surface area contributed by atoms with E-state index in [0.29, 0.717) is 38.4 Å². The molecule has 98 valence electrons. The van der Waals surface area contributed by atoms with Crippen molar-refractivity contribution < 1.29 is 8.78 Å². The average molecular weight is 254 g/mol. The Bertz CT molecular complexity index is 425. The zero-order valence-electron chi connectivity index (χ0n) is 10.1. The highest BCUT2D eigenvalue weighted by molar-refractivity contribution is 5.38. The second-order valence-electron chi connectivity index (χ2n) is 5.15. The summed E-state index contributed by atoms with van der Waals surface area (Å²) in [6.45, 7) is 1.76. The van der Waals surface area contributed by atoms with Crippen molar-refractivity contribution in [3.05, 3.63) is 18.6 Å². The fourth-order valence-electron chi connectivity index (χ4n) is 2.93. The SMILES string of the molecule is FC1(F)CCNC[C@@]12CCN(c1cnccn1)C2. The first-order valence-electron chi connectivity index (χ1n) is 6.23. The Morgan fingerprint density at radius 1 is 1.28 bits per heavy atom. The van der Waals surface area contributed by atoms with E-state index in [0.717, 1.165) is 0 Å². The minimum Gasteiger partial charge on any atom is -0.354 e.